The molecule has 0 aliphatic carbocycles. The third-order valence-electron chi connectivity index (χ3n) is 3.03. The van der Waals surface area contributed by atoms with E-state index in [1.165, 1.54) is 11.3 Å². The van der Waals surface area contributed by atoms with E-state index in [2.05, 4.69) is 10.3 Å². The molecule has 3 rings (SSSR count). The Morgan fingerprint density at radius 2 is 2.10 bits per heavy atom. The lowest BCUT2D eigenvalue weighted by Crippen LogP contribution is -2.05. The van der Waals surface area contributed by atoms with Crippen LogP contribution in [0.3, 0.4) is 0 Å². The summed E-state index contributed by atoms with van der Waals surface area (Å²) < 4.78 is 6.87. The number of aromatic nitrogens is 1. The first-order valence-corrected chi connectivity index (χ1v) is 7.68. The molecule has 2 heterocycles. The maximum absolute atomic E-state index is 6.17. The first-order chi connectivity index (χ1) is 9.52. The van der Waals surface area contributed by atoms with Crippen molar-refractivity contribution < 1.29 is 4.42 Å². The zero-order valence-electron chi connectivity index (χ0n) is 10.9. The molecular weight excluding hydrogens is 315 g/mol. The van der Waals surface area contributed by atoms with Crippen LogP contribution in [0.1, 0.15) is 24.4 Å². The largest absolute Gasteiger partial charge is 0.441 e. The summed E-state index contributed by atoms with van der Waals surface area (Å²) in [6.07, 6.45) is 0. The minimum atomic E-state index is 0.0664. The molecule has 3 aromatic rings. The summed E-state index contributed by atoms with van der Waals surface area (Å²) in [4.78, 5) is 4.32. The fraction of sp³-hybridized carbons (Fsp3) is 0.214. The Hall–Kier alpha value is -1.23. The van der Waals surface area contributed by atoms with E-state index in [1.807, 2.05) is 38.1 Å². The van der Waals surface area contributed by atoms with Gasteiger partial charge in [0.2, 0.25) is 0 Å². The molecule has 1 atom stereocenters. The molecule has 0 amide bonds. The Labute approximate surface area is 130 Å². The number of hydrogen-bond donors (Lipinski definition) is 1. The van der Waals surface area contributed by atoms with Gasteiger partial charge in [0.05, 0.1) is 14.7 Å². The van der Waals surface area contributed by atoms with Gasteiger partial charge in [-0.2, -0.15) is 0 Å². The molecule has 0 aliphatic heterocycles. The van der Waals surface area contributed by atoms with Crippen molar-refractivity contribution in [1.82, 2.24) is 4.98 Å². The van der Waals surface area contributed by atoms with E-state index in [9.17, 15) is 0 Å². The van der Waals surface area contributed by atoms with Crippen molar-refractivity contribution in [3.63, 3.8) is 0 Å². The number of nitrogens with one attached hydrogen (secondary N) is 1. The first kappa shape index (κ1) is 13.7. The molecular formula is C14H12Cl2N2OS. The summed E-state index contributed by atoms with van der Waals surface area (Å²) in [6.45, 7) is 3.88. The Kier molecular flexibility index (Phi) is 3.63. The van der Waals surface area contributed by atoms with Crippen LogP contribution in [0.5, 0.6) is 0 Å². The second-order valence-corrected chi connectivity index (χ2v) is 6.85. The zero-order chi connectivity index (χ0) is 14.3. The van der Waals surface area contributed by atoms with Crippen molar-refractivity contribution in [2.45, 2.75) is 19.9 Å². The van der Waals surface area contributed by atoms with Gasteiger partial charge in [0, 0.05) is 18.2 Å². The molecule has 0 aliphatic rings. The predicted octanol–water partition coefficient (Wildman–Crippen LogP) is 5.68. The van der Waals surface area contributed by atoms with E-state index in [0.717, 1.165) is 22.4 Å². The Balaban J connectivity index is 1.86. The van der Waals surface area contributed by atoms with E-state index >= 15 is 0 Å². The van der Waals surface area contributed by atoms with Crippen molar-refractivity contribution in [2.75, 3.05) is 5.32 Å². The summed E-state index contributed by atoms with van der Waals surface area (Å²) in [5, 5.41) is 3.40. The van der Waals surface area contributed by atoms with Crippen LogP contribution in [0.2, 0.25) is 8.67 Å². The van der Waals surface area contributed by atoms with Gasteiger partial charge in [-0.3, -0.25) is 0 Å². The topological polar surface area (TPSA) is 38.1 Å². The van der Waals surface area contributed by atoms with Gasteiger partial charge < -0.3 is 9.73 Å². The lowest BCUT2D eigenvalue weighted by molar-refractivity contribution is 0.561. The number of hydrogen-bond acceptors (Lipinski definition) is 4. The summed E-state index contributed by atoms with van der Waals surface area (Å²) in [7, 11) is 0. The molecule has 20 heavy (non-hydrogen) atoms. The third-order valence-corrected chi connectivity index (χ3v) is 4.55. The Morgan fingerprint density at radius 3 is 2.80 bits per heavy atom. The molecule has 6 heteroatoms. The predicted molar refractivity (Wildman–Crippen MR) is 85.1 cm³/mol. The normalized spacial score (nSPS) is 12.8. The number of aryl methyl sites for hydroxylation is 1. The quantitative estimate of drug-likeness (QED) is 0.673. The number of halogens is 2. The second kappa shape index (κ2) is 5.28. The van der Waals surface area contributed by atoms with E-state index in [1.54, 1.807) is 0 Å². The highest BCUT2D eigenvalue weighted by molar-refractivity contribution is 7.20. The van der Waals surface area contributed by atoms with Gasteiger partial charge in [-0.05, 0) is 31.2 Å². The Morgan fingerprint density at radius 1 is 1.30 bits per heavy atom. The monoisotopic (exact) mass is 326 g/mol. The summed E-state index contributed by atoms with van der Waals surface area (Å²) >= 11 is 13.5. The number of benzene rings is 1. The molecule has 0 saturated heterocycles. The van der Waals surface area contributed by atoms with E-state index in [4.69, 9.17) is 27.6 Å². The van der Waals surface area contributed by atoms with Gasteiger partial charge in [0.25, 0.3) is 0 Å². The van der Waals surface area contributed by atoms with Gasteiger partial charge in [-0.1, -0.05) is 23.2 Å². The van der Waals surface area contributed by atoms with Crippen LogP contribution in [-0.2, 0) is 0 Å². The molecule has 0 bridgehead atoms. The number of fused-ring (bicyclic) bond motifs is 1. The zero-order valence-corrected chi connectivity index (χ0v) is 13.2. The maximum atomic E-state index is 6.17. The molecule has 1 unspecified atom stereocenters. The lowest BCUT2D eigenvalue weighted by Gasteiger charge is -2.14. The average Bonchev–Trinajstić information content (AvgIpc) is 2.90. The highest BCUT2D eigenvalue weighted by atomic mass is 35.5. The van der Waals surface area contributed by atoms with Gasteiger partial charge in [0.1, 0.15) is 5.52 Å². The van der Waals surface area contributed by atoms with Crippen molar-refractivity contribution in [1.29, 1.82) is 0 Å². The van der Waals surface area contributed by atoms with E-state index in [0.29, 0.717) is 14.6 Å². The third kappa shape index (κ3) is 2.64. The number of nitrogens with zero attached hydrogens (tertiary/aromatic N) is 1. The molecule has 0 radical (unpaired) electrons. The fourth-order valence-corrected chi connectivity index (χ4v) is 3.75. The number of oxazole rings is 1. The molecule has 0 spiro atoms. The van der Waals surface area contributed by atoms with Crippen LogP contribution in [0, 0.1) is 6.92 Å². The Bertz CT molecular complexity index is 766. The standard InChI is InChI=1S/C14H12Cl2N2OS/c1-7(10-6-13(15)20-14(10)16)17-9-3-4-12-11(5-9)18-8(2)19-12/h3-7,17H,1-2H3. The van der Waals surface area contributed by atoms with Crippen molar-refractivity contribution in [3.8, 4) is 0 Å². The van der Waals surface area contributed by atoms with Crippen LogP contribution < -0.4 is 5.32 Å². The molecule has 2 aromatic heterocycles. The van der Waals surface area contributed by atoms with Gasteiger partial charge in [-0.15, -0.1) is 11.3 Å². The van der Waals surface area contributed by atoms with Gasteiger partial charge >= 0.3 is 0 Å². The highest BCUT2D eigenvalue weighted by Gasteiger charge is 2.13. The summed E-state index contributed by atoms with van der Waals surface area (Å²) in [5.74, 6) is 0.665. The van der Waals surface area contributed by atoms with Crippen LogP contribution >= 0.6 is 34.5 Å². The van der Waals surface area contributed by atoms with Gasteiger partial charge in [0.15, 0.2) is 11.5 Å². The van der Waals surface area contributed by atoms with Crippen LogP contribution in [0.25, 0.3) is 11.1 Å². The lowest BCUT2D eigenvalue weighted by atomic mass is 10.1. The highest BCUT2D eigenvalue weighted by Crippen LogP contribution is 2.36. The second-order valence-electron chi connectivity index (χ2n) is 4.56. The number of anilines is 1. The molecule has 0 saturated carbocycles. The molecule has 3 nitrogen and oxygen atoms in total. The summed E-state index contributed by atoms with van der Waals surface area (Å²) in [6, 6.07) is 7.80. The number of rotatable bonds is 3. The van der Waals surface area contributed by atoms with Crippen molar-refractivity contribution >= 4 is 51.3 Å². The number of thiophene rings is 1. The van der Waals surface area contributed by atoms with E-state index < -0.39 is 0 Å². The van der Waals surface area contributed by atoms with Crippen LogP contribution in [0.15, 0.2) is 28.7 Å². The van der Waals surface area contributed by atoms with Gasteiger partial charge in [-0.25, -0.2) is 4.98 Å². The molecule has 1 N–H and O–H groups in total. The molecule has 1 aromatic carbocycles. The van der Waals surface area contributed by atoms with Crippen LogP contribution in [0.4, 0.5) is 5.69 Å². The first-order valence-electron chi connectivity index (χ1n) is 6.11. The van der Waals surface area contributed by atoms with Crippen molar-refractivity contribution in [2.24, 2.45) is 0 Å². The summed E-state index contributed by atoms with van der Waals surface area (Å²) in [5.41, 5.74) is 3.60. The minimum Gasteiger partial charge on any atom is -0.441 e. The average molecular weight is 327 g/mol. The fourth-order valence-electron chi connectivity index (χ4n) is 2.11. The maximum Gasteiger partial charge on any atom is 0.192 e. The van der Waals surface area contributed by atoms with Crippen LogP contribution in [-0.4, -0.2) is 4.98 Å². The molecule has 0 fully saturated rings. The van der Waals surface area contributed by atoms with E-state index in [-0.39, 0.29) is 6.04 Å². The molecule has 104 valence electrons. The SMILES string of the molecule is Cc1nc2cc(NC(C)c3cc(Cl)sc3Cl)ccc2o1. The smallest absolute Gasteiger partial charge is 0.192 e. The van der Waals surface area contributed by atoms with Crippen molar-refractivity contribution in [3.05, 3.63) is 44.4 Å². The minimum absolute atomic E-state index is 0.0664.